The van der Waals surface area contributed by atoms with Crippen LogP contribution in [-0.2, 0) is 12.7 Å². The minimum atomic E-state index is -4.32. The lowest BCUT2D eigenvalue weighted by atomic mass is 10.1. The van der Waals surface area contributed by atoms with E-state index in [0.717, 1.165) is 62.5 Å². The molecule has 4 heterocycles. The Morgan fingerprint density at radius 3 is 2.37 bits per heavy atom. The van der Waals surface area contributed by atoms with Crippen molar-refractivity contribution in [2.24, 2.45) is 0 Å². The number of anilines is 1. The smallest absolute Gasteiger partial charge is 0.416 e. The quantitative estimate of drug-likeness (QED) is 0.415. The van der Waals surface area contributed by atoms with E-state index in [0.29, 0.717) is 23.6 Å². The fraction of sp³-hybridized carbons (Fsp3) is 0.360. The molecule has 4 aromatic rings. The number of aromatic nitrogens is 3. The molecule has 184 valence electrons. The molecule has 1 fully saturated rings. The molecule has 0 N–H and O–H groups in total. The van der Waals surface area contributed by atoms with Crippen LogP contribution in [0.15, 0.2) is 59.5 Å². The van der Waals surface area contributed by atoms with Crippen LogP contribution in [0.4, 0.5) is 18.9 Å². The van der Waals surface area contributed by atoms with Gasteiger partial charge in [-0.3, -0.25) is 14.1 Å². The summed E-state index contributed by atoms with van der Waals surface area (Å²) in [6.45, 7) is 4.50. The van der Waals surface area contributed by atoms with E-state index in [1.807, 2.05) is 18.3 Å². The van der Waals surface area contributed by atoms with Crippen LogP contribution in [0.3, 0.4) is 0 Å². The van der Waals surface area contributed by atoms with Crippen LogP contribution in [0.25, 0.3) is 16.7 Å². The molecule has 1 aliphatic heterocycles. The first kappa shape index (κ1) is 23.2. The lowest BCUT2D eigenvalue weighted by Gasteiger charge is -2.36. The molecule has 0 spiro atoms. The van der Waals surface area contributed by atoms with Gasteiger partial charge in [0.05, 0.1) is 18.2 Å². The van der Waals surface area contributed by atoms with Gasteiger partial charge in [0.25, 0.3) is 5.56 Å². The van der Waals surface area contributed by atoms with Crippen LogP contribution < -0.4 is 15.2 Å². The number of hydrogen-bond acceptors (Lipinski definition) is 5. The van der Waals surface area contributed by atoms with Crippen LogP contribution in [0.1, 0.15) is 12.0 Å². The maximum Gasteiger partial charge on any atom is 0.416 e. The highest BCUT2D eigenvalue weighted by atomic mass is 19.4. The Kier molecular flexibility index (Phi) is 6.14. The highest BCUT2D eigenvalue weighted by Gasteiger charge is 2.30. The predicted octanol–water partition coefficient (Wildman–Crippen LogP) is 3.89. The number of nitrogens with zero attached hydrogens (tertiary/aromatic N) is 5. The lowest BCUT2D eigenvalue weighted by molar-refractivity contribution is -0.137. The first-order valence-electron chi connectivity index (χ1n) is 11.5. The molecule has 1 aromatic carbocycles. The Bertz CT molecular complexity index is 1390. The Hall–Kier alpha value is -3.53. The number of ether oxygens (including phenoxy) is 1. The summed E-state index contributed by atoms with van der Waals surface area (Å²) >= 11 is 0. The average molecular weight is 486 g/mol. The molecule has 10 heteroatoms. The molecule has 1 saturated heterocycles. The van der Waals surface area contributed by atoms with Crippen LogP contribution >= 0.6 is 0 Å². The van der Waals surface area contributed by atoms with Crippen molar-refractivity contribution in [3.63, 3.8) is 0 Å². The molecule has 3 aromatic heterocycles. The number of aryl methyl sites for hydroxylation is 1. The molecule has 0 bridgehead atoms. The van der Waals surface area contributed by atoms with E-state index in [4.69, 9.17) is 4.74 Å². The van der Waals surface area contributed by atoms with Gasteiger partial charge in [-0.05, 0) is 55.4 Å². The average Bonchev–Trinajstić information content (AvgIpc) is 3.36. The summed E-state index contributed by atoms with van der Waals surface area (Å²) < 4.78 is 47.3. The van der Waals surface area contributed by atoms with Crippen LogP contribution in [0.2, 0.25) is 0 Å². The normalized spacial score (nSPS) is 15.3. The van der Waals surface area contributed by atoms with Crippen LogP contribution in [-0.4, -0.2) is 58.7 Å². The molecular weight excluding hydrogens is 459 g/mol. The number of alkyl halides is 3. The Morgan fingerprint density at radius 1 is 0.943 bits per heavy atom. The van der Waals surface area contributed by atoms with Gasteiger partial charge in [-0.1, -0.05) is 0 Å². The zero-order chi connectivity index (χ0) is 24.6. The van der Waals surface area contributed by atoms with E-state index in [1.54, 1.807) is 28.2 Å². The monoisotopic (exact) mass is 485 g/mol. The molecule has 0 unspecified atom stereocenters. The molecule has 0 saturated carbocycles. The van der Waals surface area contributed by atoms with Gasteiger partial charge in [-0.25, -0.2) is 0 Å². The first-order chi connectivity index (χ1) is 16.8. The van der Waals surface area contributed by atoms with E-state index in [9.17, 15) is 18.0 Å². The van der Waals surface area contributed by atoms with Crippen molar-refractivity contribution in [3.8, 4) is 5.88 Å². The van der Waals surface area contributed by atoms with E-state index in [1.165, 1.54) is 12.1 Å². The topological polar surface area (TPSA) is 55.0 Å². The second kappa shape index (κ2) is 9.26. The fourth-order valence-corrected chi connectivity index (χ4v) is 4.68. The van der Waals surface area contributed by atoms with E-state index in [2.05, 4.69) is 14.8 Å². The molecular formula is C25H26F3N5O2. The second-order valence-corrected chi connectivity index (χ2v) is 8.64. The Morgan fingerprint density at radius 2 is 1.69 bits per heavy atom. The molecule has 1 aliphatic rings. The third-order valence-corrected chi connectivity index (χ3v) is 6.56. The summed E-state index contributed by atoms with van der Waals surface area (Å²) in [4.78, 5) is 22.1. The predicted molar refractivity (Wildman–Crippen MR) is 128 cm³/mol. The minimum Gasteiger partial charge on any atom is -0.481 e. The Balaban J connectivity index is 1.23. The van der Waals surface area contributed by atoms with Gasteiger partial charge < -0.3 is 14.2 Å². The van der Waals surface area contributed by atoms with E-state index in [-0.39, 0.29) is 5.56 Å². The summed E-state index contributed by atoms with van der Waals surface area (Å²) in [6.07, 6.45) is -1.71. The standard InChI is InChI=1S/C25H26F3N5O2/c1-35-22-10-9-20-23(29-22)32-12-2-4-21(32)24(34)33(20)13-3-11-30-14-16-31(17-15-30)19-7-5-18(6-8-19)25(26,27)28/h2,4-10,12H,3,11,13-17H2,1H3. The number of hydrogen-bond donors (Lipinski definition) is 0. The second-order valence-electron chi connectivity index (χ2n) is 8.64. The van der Waals surface area contributed by atoms with Crippen molar-refractivity contribution in [1.29, 1.82) is 0 Å². The van der Waals surface area contributed by atoms with Gasteiger partial charge in [-0.15, -0.1) is 0 Å². The number of halogens is 3. The van der Waals surface area contributed by atoms with Gasteiger partial charge in [0, 0.05) is 50.7 Å². The van der Waals surface area contributed by atoms with E-state index < -0.39 is 11.7 Å². The number of piperazine rings is 1. The zero-order valence-electron chi connectivity index (χ0n) is 19.3. The van der Waals surface area contributed by atoms with Crippen molar-refractivity contribution >= 4 is 22.4 Å². The van der Waals surface area contributed by atoms with Gasteiger partial charge in [0.1, 0.15) is 5.52 Å². The van der Waals surface area contributed by atoms with Crippen LogP contribution in [0, 0.1) is 0 Å². The molecule has 5 rings (SSSR count). The SMILES string of the molecule is COc1ccc2c(n1)n1cccc1c(=O)n2CCCN1CCN(c2ccc(C(F)(F)F)cc2)CC1. The van der Waals surface area contributed by atoms with Crippen molar-refractivity contribution in [1.82, 2.24) is 18.9 Å². The summed E-state index contributed by atoms with van der Waals surface area (Å²) in [7, 11) is 1.56. The molecule has 7 nitrogen and oxygen atoms in total. The van der Waals surface area contributed by atoms with Gasteiger partial charge >= 0.3 is 6.18 Å². The van der Waals surface area contributed by atoms with Crippen molar-refractivity contribution in [3.05, 3.63) is 70.6 Å². The number of fused-ring (bicyclic) bond motifs is 3. The summed E-state index contributed by atoms with van der Waals surface area (Å²) in [6, 6.07) is 12.6. The summed E-state index contributed by atoms with van der Waals surface area (Å²) in [5, 5.41) is 0. The number of methoxy groups -OCH3 is 1. The maximum atomic E-state index is 13.1. The van der Waals surface area contributed by atoms with Crippen molar-refractivity contribution in [2.45, 2.75) is 19.1 Å². The molecule has 0 amide bonds. The largest absolute Gasteiger partial charge is 0.481 e. The summed E-state index contributed by atoms with van der Waals surface area (Å²) in [5.74, 6) is 0.489. The molecule has 0 aliphatic carbocycles. The maximum absolute atomic E-state index is 13.1. The van der Waals surface area contributed by atoms with Gasteiger partial charge in [0.2, 0.25) is 5.88 Å². The number of rotatable bonds is 6. The Labute approximate surface area is 200 Å². The fourth-order valence-electron chi connectivity index (χ4n) is 4.68. The van der Waals surface area contributed by atoms with Gasteiger partial charge in [-0.2, -0.15) is 18.2 Å². The van der Waals surface area contributed by atoms with E-state index >= 15 is 0 Å². The third kappa shape index (κ3) is 4.58. The highest BCUT2D eigenvalue weighted by molar-refractivity contribution is 5.75. The first-order valence-corrected chi connectivity index (χ1v) is 11.5. The molecule has 35 heavy (non-hydrogen) atoms. The number of pyridine rings is 1. The van der Waals surface area contributed by atoms with Crippen LogP contribution in [0.5, 0.6) is 5.88 Å². The summed E-state index contributed by atoms with van der Waals surface area (Å²) in [5.41, 5.74) is 2.12. The van der Waals surface area contributed by atoms with Crippen molar-refractivity contribution in [2.75, 3.05) is 44.7 Å². The zero-order valence-corrected chi connectivity index (χ0v) is 19.3. The minimum absolute atomic E-state index is 0.0541. The third-order valence-electron chi connectivity index (χ3n) is 6.56. The van der Waals surface area contributed by atoms with Crippen molar-refractivity contribution < 1.29 is 17.9 Å². The number of benzene rings is 1. The van der Waals surface area contributed by atoms with Gasteiger partial charge in [0.15, 0.2) is 5.65 Å². The molecule has 0 radical (unpaired) electrons. The highest BCUT2D eigenvalue weighted by Crippen LogP contribution is 2.30. The lowest BCUT2D eigenvalue weighted by Crippen LogP contribution is -2.46. The molecule has 0 atom stereocenters.